The Hall–Kier alpha value is -0.770. The zero-order valence-electron chi connectivity index (χ0n) is 10.3. The molecule has 0 heterocycles. The van der Waals surface area contributed by atoms with E-state index in [0.717, 1.165) is 23.4 Å². The number of carbonyl (C=O) groups is 1. The molecular weight excluding hydrogens is 271 g/mol. The molecule has 100 valence electrons. The highest BCUT2D eigenvalue weighted by atomic mass is 35.5. The van der Waals surface area contributed by atoms with Crippen molar-refractivity contribution >= 4 is 29.9 Å². The van der Waals surface area contributed by atoms with E-state index in [-0.39, 0.29) is 30.4 Å². The predicted octanol–water partition coefficient (Wildman–Crippen LogP) is 2.60. The molecule has 1 aliphatic rings. The van der Waals surface area contributed by atoms with Crippen LogP contribution in [0.15, 0.2) is 18.2 Å². The van der Waals surface area contributed by atoms with Gasteiger partial charge >= 0.3 is 0 Å². The largest absolute Gasteiger partial charge is 0.349 e. The number of benzene rings is 1. The van der Waals surface area contributed by atoms with Crippen molar-refractivity contribution in [2.75, 3.05) is 0 Å². The summed E-state index contributed by atoms with van der Waals surface area (Å²) in [5, 5.41) is 3.81. The van der Waals surface area contributed by atoms with E-state index in [1.807, 2.05) is 25.1 Å². The Morgan fingerprint density at radius 2 is 2.33 bits per heavy atom. The van der Waals surface area contributed by atoms with Crippen molar-refractivity contribution in [1.82, 2.24) is 5.32 Å². The van der Waals surface area contributed by atoms with E-state index in [0.29, 0.717) is 6.42 Å². The third-order valence-electron chi connectivity index (χ3n) is 3.06. The molecule has 1 amide bonds. The molecule has 0 saturated heterocycles. The second-order valence-electron chi connectivity index (χ2n) is 4.65. The van der Waals surface area contributed by atoms with Gasteiger partial charge in [-0.2, -0.15) is 0 Å². The van der Waals surface area contributed by atoms with Crippen molar-refractivity contribution in [3.8, 4) is 0 Å². The molecule has 0 aromatic heterocycles. The van der Waals surface area contributed by atoms with Crippen LogP contribution in [0.3, 0.4) is 0 Å². The molecule has 1 aromatic rings. The highest BCUT2D eigenvalue weighted by Crippen LogP contribution is 2.35. The van der Waals surface area contributed by atoms with Crippen LogP contribution >= 0.6 is 24.0 Å². The molecule has 2 unspecified atom stereocenters. The van der Waals surface area contributed by atoms with E-state index in [1.165, 1.54) is 5.56 Å². The van der Waals surface area contributed by atoms with Gasteiger partial charge in [-0.05, 0) is 37.0 Å². The van der Waals surface area contributed by atoms with Gasteiger partial charge in [0.1, 0.15) is 0 Å². The first-order valence-electron chi connectivity index (χ1n) is 5.90. The molecule has 2 rings (SSSR count). The number of carbonyl (C=O) groups excluding carboxylic acids is 1. The first-order chi connectivity index (χ1) is 8.08. The third kappa shape index (κ3) is 3.37. The van der Waals surface area contributed by atoms with Crippen molar-refractivity contribution < 1.29 is 4.79 Å². The lowest BCUT2D eigenvalue weighted by atomic mass is 10.1. The Morgan fingerprint density at radius 1 is 1.61 bits per heavy atom. The van der Waals surface area contributed by atoms with Crippen LogP contribution in [-0.4, -0.2) is 11.9 Å². The topological polar surface area (TPSA) is 55.1 Å². The summed E-state index contributed by atoms with van der Waals surface area (Å²) < 4.78 is 0. The van der Waals surface area contributed by atoms with Crippen molar-refractivity contribution in [1.29, 1.82) is 0 Å². The number of hydrogen-bond acceptors (Lipinski definition) is 2. The molecule has 0 aliphatic heterocycles. The van der Waals surface area contributed by atoms with Crippen molar-refractivity contribution in [2.24, 2.45) is 5.73 Å². The minimum absolute atomic E-state index is 0. The van der Waals surface area contributed by atoms with Gasteiger partial charge in [-0.15, -0.1) is 12.4 Å². The smallest absolute Gasteiger partial charge is 0.222 e. The van der Waals surface area contributed by atoms with Gasteiger partial charge in [0.25, 0.3) is 0 Å². The quantitative estimate of drug-likeness (QED) is 0.898. The SMILES string of the molecule is CC(N)CC(=O)NC1CCc2c(Cl)cccc21.Cl. The molecule has 0 bridgehead atoms. The van der Waals surface area contributed by atoms with Crippen molar-refractivity contribution in [3.63, 3.8) is 0 Å². The van der Waals surface area contributed by atoms with Crippen LogP contribution in [0, 0.1) is 0 Å². The zero-order chi connectivity index (χ0) is 12.4. The molecule has 0 fully saturated rings. The monoisotopic (exact) mass is 288 g/mol. The van der Waals surface area contributed by atoms with Crippen molar-refractivity contribution in [3.05, 3.63) is 34.3 Å². The molecule has 2 atom stereocenters. The summed E-state index contributed by atoms with van der Waals surface area (Å²) in [6, 6.07) is 5.85. The van der Waals surface area contributed by atoms with Crippen LogP contribution in [0.2, 0.25) is 5.02 Å². The van der Waals surface area contributed by atoms with Gasteiger partial charge in [-0.25, -0.2) is 0 Å². The molecular formula is C13H18Cl2N2O. The van der Waals surface area contributed by atoms with E-state index < -0.39 is 0 Å². The van der Waals surface area contributed by atoms with Crippen LogP contribution in [0.5, 0.6) is 0 Å². The second-order valence-corrected chi connectivity index (χ2v) is 5.05. The summed E-state index contributed by atoms with van der Waals surface area (Å²) in [6.45, 7) is 1.83. The number of amides is 1. The fourth-order valence-corrected chi connectivity index (χ4v) is 2.58. The normalized spacial score (nSPS) is 18.7. The van der Waals surface area contributed by atoms with E-state index in [1.54, 1.807) is 0 Å². The maximum Gasteiger partial charge on any atom is 0.222 e. The van der Waals surface area contributed by atoms with Crippen LogP contribution in [0.1, 0.15) is 36.9 Å². The Bertz CT molecular complexity index is 435. The Labute approximate surface area is 118 Å². The molecule has 3 nitrogen and oxygen atoms in total. The Balaban J connectivity index is 0.00000162. The summed E-state index contributed by atoms with van der Waals surface area (Å²) in [5.74, 6) is 0.0119. The van der Waals surface area contributed by atoms with E-state index in [9.17, 15) is 4.79 Å². The fourth-order valence-electron chi connectivity index (χ4n) is 2.31. The minimum atomic E-state index is -0.102. The number of halogens is 2. The summed E-state index contributed by atoms with van der Waals surface area (Å²) in [5.41, 5.74) is 7.92. The number of nitrogens with two attached hydrogens (primary N) is 1. The van der Waals surface area contributed by atoms with Gasteiger partial charge in [-0.1, -0.05) is 23.7 Å². The first kappa shape index (κ1) is 15.3. The lowest BCUT2D eigenvalue weighted by Crippen LogP contribution is -2.32. The lowest BCUT2D eigenvalue weighted by Gasteiger charge is -2.15. The minimum Gasteiger partial charge on any atom is -0.349 e. The van der Waals surface area contributed by atoms with E-state index in [2.05, 4.69) is 5.32 Å². The van der Waals surface area contributed by atoms with Crippen LogP contribution in [0.25, 0.3) is 0 Å². The van der Waals surface area contributed by atoms with E-state index in [4.69, 9.17) is 17.3 Å². The van der Waals surface area contributed by atoms with Gasteiger partial charge in [-0.3, -0.25) is 4.79 Å². The molecule has 18 heavy (non-hydrogen) atoms. The average molecular weight is 289 g/mol. The third-order valence-corrected chi connectivity index (χ3v) is 3.41. The number of fused-ring (bicyclic) bond motifs is 1. The number of hydrogen-bond donors (Lipinski definition) is 2. The lowest BCUT2D eigenvalue weighted by molar-refractivity contribution is -0.122. The van der Waals surface area contributed by atoms with E-state index >= 15 is 0 Å². The van der Waals surface area contributed by atoms with Gasteiger partial charge in [0.2, 0.25) is 5.91 Å². The van der Waals surface area contributed by atoms with Gasteiger partial charge in [0.15, 0.2) is 0 Å². The molecule has 0 saturated carbocycles. The van der Waals surface area contributed by atoms with Crippen molar-refractivity contribution in [2.45, 2.75) is 38.3 Å². The Morgan fingerprint density at radius 3 is 3.00 bits per heavy atom. The zero-order valence-corrected chi connectivity index (χ0v) is 11.9. The predicted molar refractivity (Wildman–Crippen MR) is 76.2 cm³/mol. The molecule has 1 aromatic carbocycles. The molecule has 3 N–H and O–H groups in total. The summed E-state index contributed by atoms with van der Waals surface area (Å²) >= 11 is 6.12. The van der Waals surface area contributed by atoms with Crippen LogP contribution < -0.4 is 11.1 Å². The fraction of sp³-hybridized carbons (Fsp3) is 0.462. The standard InChI is InChI=1S/C13H17ClN2O.ClH/c1-8(15)7-13(17)16-12-6-5-9-10(12)3-2-4-11(9)14;/h2-4,8,12H,5-7,15H2,1H3,(H,16,17);1H. The van der Waals surface area contributed by atoms with Crippen LogP contribution in [-0.2, 0) is 11.2 Å². The summed E-state index contributed by atoms with van der Waals surface area (Å²) in [4.78, 5) is 11.7. The second kappa shape index (κ2) is 6.41. The first-order valence-corrected chi connectivity index (χ1v) is 6.28. The van der Waals surface area contributed by atoms with Gasteiger partial charge < -0.3 is 11.1 Å². The average Bonchev–Trinajstić information content (AvgIpc) is 2.62. The summed E-state index contributed by atoms with van der Waals surface area (Å²) in [6.07, 6.45) is 2.22. The molecule has 1 aliphatic carbocycles. The Kier molecular flexibility index (Phi) is 5.45. The molecule has 5 heteroatoms. The maximum atomic E-state index is 11.7. The molecule has 0 spiro atoms. The number of nitrogens with one attached hydrogen (secondary N) is 1. The van der Waals surface area contributed by atoms with Gasteiger partial charge in [0.05, 0.1) is 6.04 Å². The van der Waals surface area contributed by atoms with Gasteiger partial charge in [0, 0.05) is 17.5 Å². The number of rotatable bonds is 3. The maximum absolute atomic E-state index is 11.7. The highest BCUT2D eigenvalue weighted by molar-refractivity contribution is 6.31. The van der Waals surface area contributed by atoms with Crippen LogP contribution in [0.4, 0.5) is 0 Å². The summed E-state index contributed by atoms with van der Waals surface area (Å²) in [7, 11) is 0. The highest BCUT2D eigenvalue weighted by Gasteiger charge is 2.25. The molecule has 0 radical (unpaired) electrons.